The lowest BCUT2D eigenvalue weighted by molar-refractivity contribution is -0.137. The van der Waals surface area contributed by atoms with E-state index in [4.69, 9.17) is 0 Å². The number of para-hydroxylation sites is 1. The molecular weight excluding hydrogens is 469 g/mol. The molecular formula is C23H23F3N4O3S. The molecule has 0 aliphatic heterocycles. The zero-order valence-electron chi connectivity index (χ0n) is 18.4. The SMILES string of the molecule is Cc1ccccc1NS(=O)(=O)c1ccc(C)c(C(=O)NCCNc2ccc(C(F)(F)F)cn2)c1. The van der Waals surface area contributed by atoms with Gasteiger partial charge in [0.15, 0.2) is 0 Å². The van der Waals surface area contributed by atoms with Crippen LogP contribution in [0.3, 0.4) is 0 Å². The largest absolute Gasteiger partial charge is 0.417 e. The lowest BCUT2D eigenvalue weighted by atomic mass is 10.1. The Morgan fingerprint density at radius 2 is 1.71 bits per heavy atom. The van der Waals surface area contributed by atoms with Crippen LogP contribution < -0.4 is 15.4 Å². The van der Waals surface area contributed by atoms with Crippen LogP contribution in [-0.4, -0.2) is 32.4 Å². The average Bonchev–Trinajstić information content (AvgIpc) is 2.78. The molecule has 3 N–H and O–H groups in total. The third-order valence-corrected chi connectivity index (χ3v) is 6.32. The number of benzene rings is 2. The molecule has 1 amide bonds. The summed E-state index contributed by atoms with van der Waals surface area (Å²) >= 11 is 0. The van der Waals surface area contributed by atoms with Gasteiger partial charge in [-0.1, -0.05) is 24.3 Å². The lowest BCUT2D eigenvalue weighted by Crippen LogP contribution is -2.29. The van der Waals surface area contributed by atoms with Crippen molar-refractivity contribution < 1.29 is 26.4 Å². The number of carbonyl (C=O) groups is 1. The number of hydrogen-bond donors (Lipinski definition) is 3. The third-order valence-electron chi connectivity index (χ3n) is 4.96. The van der Waals surface area contributed by atoms with Gasteiger partial charge in [0.2, 0.25) is 0 Å². The Morgan fingerprint density at radius 3 is 2.35 bits per heavy atom. The maximum atomic E-state index is 12.8. The molecule has 0 saturated heterocycles. The van der Waals surface area contributed by atoms with Crippen molar-refractivity contribution in [1.29, 1.82) is 0 Å². The smallest absolute Gasteiger partial charge is 0.368 e. The molecule has 0 aliphatic rings. The highest BCUT2D eigenvalue weighted by Crippen LogP contribution is 2.28. The summed E-state index contributed by atoms with van der Waals surface area (Å²) in [6, 6.07) is 13.3. The second kappa shape index (κ2) is 10.1. The number of aryl methyl sites for hydroxylation is 2. The predicted molar refractivity (Wildman–Crippen MR) is 123 cm³/mol. The van der Waals surface area contributed by atoms with Crippen molar-refractivity contribution in [3.8, 4) is 0 Å². The molecule has 11 heteroatoms. The van der Waals surface area contributed by atoms with Gasteiger partial charge in [0.25, 0.3) is 15.9 Å². The van der Waals surface area contributed by atoms with Gasteiger partial charge >= 0.3 is 6.18 Å². The number of aromatic nitrogens is 1. The molecule has 180 valence electrons. The number of rotatable bonds is 8. The number of amides is 1. The van der Waals surface area contributed by atoms with E-state index in [2.05, 4.69) is 20.3 Å². The van der Waals surface area contributed by atoms with E-state index in [9.17, 15) is 26.4 Å². The van der Waals surface area contributed by atoms with Crippen LogP contribution in [0.25, 0.3) is 0 Å². The van der Waals surface area contributed by atoms with Crippen molar-refractivity contribution >= 4 is 27.4 Å². The first-order valence-electron chi connectivity index (χ1n) is 10.2. The number of sulfonamides is 1. The van der Waals surface area contributed by atoms with E-state index in [0.29, 0.717) is 11.3 Å². The summed E-state index contributed by atoms with van der Waals surface area (Å²) in [7, 11) is -3.91. The summed E-state index contributed by atoms with van der Waals surface area (Å²) in [5.74, 6) is -0.249. The molecule has 0 radical (unpaired) electrons. The Bertz CT molecular complexity index is 1280. The average molecular weight is 493 g/mol. The lowest BCUT2D eigenvalue weighted by Gasteiger charge is -2.13. The van der Waals surface area contributed by atoms with Gasteiger partial charge in [-0.2, -0.15) is 13.2 Å². The van der Waals surface area contributed by atoms with Crippen molar-refractivity contribution in [2.45, 2.75) is 24.9 Å². The quantitative estimate of drug-likeness (QED) is 0.406. The van der Waals surface area contributed by atoms with E-state index < -0.39 is 27.7 Å². The monoisotopic (exact) mass is 492 g/mol. The molecule has 3 aromatic rings. The predicted octanol–water partition coefficient (Wildman–Crippen LogP) is 4.36. The minimum absolute atomic E-state index is 0.0569. The number of nitrogens with one attached hydrogen (secondary N) is 3. The molecule has 7 nitrogen and oxygen atoms in total. The van der Waals surface area contributed by atoms with Gasteiger partial charge < -0.3 is 10.6 Å². The van der Waals surface area contributed by atoms with Crippen LogP contribution in [0.5, 0.6) is 0 Å². The van der Waals surface area contributed by atoms with E-state index in [1.165, 1.54) is 18.2 Å². The van der Waals surface area contributed by atoms with E-state index in [1.54, 1.807) is 44.2 Å². The highest BCUT2D eigenvalue weighted by Gasteiger charge is 2.30. The van der Waals surface area contributed by atoms with Crippen molar-refractivity contribution in [1.82, 2.24) is 10.3 Å². The number of carbonyl (C=O) groups excluding carboxylic acids is 1. The van der Waals surface area contributed by atoms with Crippen molar-refractivity contribution in [3.05, 3.63) is 83.0 Å². The van der Waals surface area contributed by atoms with Crippen molar-refractivity contribution in [2.75, 3.05) is 23.1 Å². The number of nitrogens with zero attached hydrogens (tertiary/aromatic N) is 1. The van der Waals surface area contributed by atoms with Gasteiger partial charge in [-0.05, 0) is 55.3 Å². The Labute approximate surface area is 195 Å². The molecule has 2 aromatic carbocycles. The van der Waals surface area contributed by atoms with Crippen LogP contribution in [0.2, 0.25) is 0 Å². The summed E-state index contributed by atoms with van der Waals surface area (Å²) in [4.78, 5) is 16.3. The van der Waals surface area contributed by atoms with Crippen LogP contribution in [0.4, 0.5) is 24.7 Å². The number of pyridine rings is 1. The van der Waals surface area contributed by atoms with Crippen LogP contribution in [-0.2, 0) is 16.2 Å². The van der Waals surface area contributed by atoms with Crippen LogP contribution >= 0.6 is 0 Å². The Balaban J connectivity index is 1.62. The van der Waals surface area contributed by atoms with E-state index >= 15 is 0 Å². The first-order valence-corrected chi connectivity index (χ1v) is 11.7. The second-order valence-corrected chi connectivity index (χ2v) is 9.19. The van der Waals surface area contributed by atoms with Gasteiger partial charge in [-0.15, -0.1) is 0 Å². The maximum Gasteiger partial charge on any atom is 0.417 e. The fourth-order valence-corrected chi connectivity index (χ4v) is 4.19. The standard InChI is InChI=1S/C23H23F3N4O3S/c1-15-7-9-18(34(32,33)30-20-6-4-3-5-16(20)2)13-19(15)22(31)28-12-11-27-21-10-8-17(14-29-21)23(24,25)26/h3-10,13-14,30H,11-12H2,1-2H3,(H,27,29)(H,28,31). The van der Waals surface area contributed by atoms with Crippen molar-refractivity contribution in [3.63, 3.8) is 0 Å². The molecule has 0 fully saturated rings. The van der Waals surface area contributed by atoms with Crippen molar-refractivity contribution in [2.24, 2.45) is 0 Å². The minimum atomic E-state index is -4.46. The van der Waals surface area contributed by atoms with Crippen LogP contribution in [0, 0.1) is 13.8 Å². The Hall–Kier alpha value is -3.60. The highest BCUT2D eigenvalue weighted by molar-refractivity contribution is 7.92. The zero-order valence-corrected chi connectivity index (χ0v) is 19.2. The molecule has 0 aliphatic carbocycles. The van der Waals surface area contributed by atoms with Crippen LogP contribution in [0.15, 0.2) is 65.7 Å². The van der Waals surface area contributed by atoms with Gasteiger partial charge in [-0.25, -0.2) is 13.4 Å². The molecule has 0 spiro atoms. The highest BCUT2D eigenvalue weighted by atomic mass is 32.2. The zero-order chi connectivity index (χ0) is 24.9. The summed E-state index contributed by atoms with van der Waals surface area (Å²) in [5.41, 5.74) is 1.13. The summed E-state index contributed by atoms with van der Waals surface area (Å²) in [6.07, 6.45) is -3.74. The normalized spacial score (nSPS) is 11.7. The molecule has 3 rings (SSSR count). The summed E-state index contributed by atoms with van der Waals surface area (Å²) in [6.45, 7) is 3.81. The fourth-order valence-electron chi connectivity index (χ4n) is 3.03. The fraction of sp³-hybridized carbons (Fsp3) is 0.217. The summed E-state index contributed by atoms with van der Waals surface area (Å²) in [5, 5.41) is 5.47. The van der Waals surface area contributed by atoms with E-state index in [-0.39, 0.29) is 29.4 Å². The molecule has 0 bridgehead atoms. The van der Waals surface area contributed by atoms with E-state index in [1.807, 2.05) is 0 Å². The number of anilines is 2. The summed E-state index contributed by atoms with van der Waals surface area (Å²) < 4.78 is 65.9. The molecule has 0 unspecified atom stereocenters. The number of alkyl halides is 3. The molecule has 0 atom stereocenters. The second-order valence-electron chi connectivity index (χ2n) is 7.51. The van der Waals surface area contributed by atoms with Gasteiger partial charge in [0.1, 0.15) is 5.82 Å². The van der Waals surface area contributed by atoms with E-state index in [0.717, 1.165) is 17.8 Å². The Morgan fingerprint density at radius 1 is 0.971 bits per heavy atom. The first-order chi connectivity index (χ1) is 16.0. The third kappa shape index (κ3) is 6.25. The first kappa shape index (κ1) is 25.0. The molecule has 1 heterocycles. The Kier molecular flexibility index (Phi) is 7.45. The number of hydrogen-bond acceptors (Lipinski definition) is 5. The van der Waals surface area contributed by atoms with Crippen LogP contribution in [0.1, 0.15) is 27.0 Å². The van der Waals surface area contributed by atoms with Gasteiger partial charge in [0, 0.05) is 24.8 Å². The minimum Gasteiger partial charge on any atom is -0.368 e. The topological polar surface area (TPSA) is 100 Å². The van der Waals surface area contributed by atoms with Gasteiger partial charge in [0.05, 0.1) is 16.1 Å². The molecule has 1 aromatic heterocycles. The molecule has 34 heavy (non-hydrogen) atoms. The molecule has 0 saturated carbocycles. The maximum absolute atomic E-state index is 12.8. The number of halogens is 3. The van der Waals surface area contributed by atoms with Gasteiger partial charge in [-0.3, -0.25) is 9.52 Å².